The van der Waals surface area contributed by atoms with Crippen molar-refractivity contribution in [3.8, 4) is 0 Å². The van der Waals surface area contributed by atoms with Gasteiger partial charge in [-0.05, 0) is 30.7 Å². The molecule has 0 fully saturated rings. The highest BCUT2D eigenvalue weighted by molar-refractivity contribution is 7.16. The maximum Gasteiger partial charge on any atom is 0.281 e. The van der Waals surface area contributed by atoms with Crippen LogP contribution in [-0.4, -0.2) is 10.5 Å². The zero-order valence-electron chi connectivity index (χ0n) is 12.4. The molecule has 0 spiro atoms. The van der Waals surface area contributed by atoms with Crippen LogP contribution in [0.15, 0.2) is 47.5 Å². The number of para-hydroxylation sites is 1. The molecule has 23 heavy (non-hydrogen) atoms. The van der Waals surface area contributed by atoms with E-state index in [1.807, 2.05) is 13.0 Å². The second-order valence-electron chi connectivity index (χ2n) is 5.02. The quantitative estimate of drug-likeness (QED) is 0.678. The van der Waals surface area contributed by atoms with E-state index in [4.69, 9.17) is 11.6 Å². The Morgan fingerprint density at radius 3 is 2.78 bits per heavy atom. The van der Waals surface area contributed by atoms with Gasteiger partial charge in [0.05, 0.1) is 20.8 Å². The third-order valence-electron chi connectivity index (χ3n) is 3.40. The fourth-order valence-corrected chi connectivity index (χ4v) is 3.67. The molecule has 1 heterocycles. The molecule has 0 bridgehead atoms. The van der Waals surface area contributed by atoms with Crippen molar-refractivity contribution >= 4 is 39.1 Å². The Balaban J connectivity index is 2.19. The second kappa shape index (κ2) is 6.64. The monoisotopic (exact) mass is 348 g/mol. The molecule has 1 amide bonds. The molecule has 6 heteroatoms. The maximum atomic E-state index is 14.1. The van der Waals surface area contributed by atoms with E-state index < -0.39 is 5.91 Å². The molecule has 0 atom stereocenters. The lowest BCUT2D eigenvalue weighted by Gasteiger charge is -2.03. The summed E-state index contributed by atoms with van der Waals surface area (Å²) in [6.45, 7) is 2.59. The lowest BCUT2D eigenvalue weighted by atomic mass is 10.2. The summed E-state index contributed by atoms with van der Waals surface area (Å²) in [7, 11) is 0. The van der Waals surface area contributed by atoms with Crippen molar-refractivity contribution in [3.63, 3.8) is 0 Å². The highest BCUT2D eigenvalue weighted by Gasteiger charge is 2.13. The number of nitrogens with zero attached hydrogens (tertiary/aromatic N) is 2. The predicted octanol–water partition coefficient (Wildman–Crippen LogP) is 4.65. The van der Waals surface area contributed by atoms with Gasteiger partial charge < -0.3 is 4.57 Å². The van der Waals surface area contributed by atoms with Gasteiger partial charge in [0.2, 0.25) is 0 Å². The fourth-order valence-electron chi connectivity index (χ4n) is 2.38. The van der Waals surface area contributed by atoms with Gasteiger partial charge in [0.25, 0.3) is 5.91 Å². The van der Waals surface area contributed by atoms with Crippen molar-refractivity contribution in [2.24, 2.45) is 4.99 Å². The van der Waals surface area contributed by atoms with Crippen LogP contribution >= 0.6 is 22.9 Å². The van der Waals surface area contributed by atoms with Gasteiger partial charge in [-0.1, -0.05) is 48.1 Å². The summed E-state index contributed by atoms with van der Waals surface area (Å²) in [5.41, 5.74) is 0.834. The van der Waals surface area contributed by atoms with E-state index in [-0.39, 0.29) is 5.82 Å². The van der Waals surface area contributed by atoms with Gasteiger partial charge in [-0.3, -0.25) is 4.79 Å². The Kier molecular flexibility index (Phi) is 4.59. The molecule has 0 radical (unpaired) electrons. The largest absolute Gasteiger partial charge is 0.314 e. The molecule has 0 aliphatic heterocycles. The van der Waals surface area contributed by atoms with Crippen molar-refractivity contribution in [2.45, 2.75) is 19.9 Å². The highest BCUT2D eigenvalue weighted by atomic mass is 35.5. The van der Waals surface area contributed by atoms with Crippen LogP contribution in [0.2, 0.25) is 5.02 Å². The minimum atomic E-state index is -0.424. The molecule has 2 aromatic carbocycles. The van der Waals surface area contributed by atoms with Gasteiger partial charge >= 0.3 is 0 Å². The number of rotatable bonds is 3. The topological polar surface area (TPSA) is 34.4 Å². The zero-order chi connectivity index (χ0) is 16.4. The van der Waals surface area contributed by atoms with Crippen LogP contribution < -0.4 is 4.80 Å². The molecule has 3 nitrogen and oxygen atoms in total. The van der Waals surface area contributed by atoms with E-state index in [2.05, 4.69) is 4.99 Å². The molecule has 0 aliphatic rings. The number of amides is 1. The normalized spacial score (nSPS) is 12.0. The summed E-state index contributed by atoms with van der Waals surface area (Å²) in [4.78, 5) is 17.1. The van der Waals surface area contributed by atoms with Crippen LogP contribution in [0.1, 0.15) is 23.7 Å². The first-order chi connectivity index (χ1) is 11.1. The average Bonchev–Trinajstić information content (AvgIpc) is 2.87. The molecule has 3 aromatic rings. The van der Waals surface area contributed by atoms with Crippen LogP contribution in [0.5, 0.6) is 0 Å². The molecule has 0 unspecified atom stereocenters. The summed E-state index contributed by atoms with van der Waals surface area (Å²) in [6.07, 6.45) is 0.813. The average molecular weight is 349 g/mol. The minimum absolute atomic E-state index is 0.307. The van der Waals surface area contributed by atoms with Crippen LogP contribution in [-0.2, 0) is 6.54 Å². The molecule has 1 aromatic heterocycles. The predicted molar refractivity (Wildman–Crippen MR) is 91.4 cm³/mol. The fraction of sp³-hybridized carbons (Fsp3) is 0.176. The van der Waals surface area contributed by atoms with Crippen molar-refractivity contribution in [2.75, 3.05) is 0 Å². The Hall–Kier alpha value is -1.98. The first-order valence-corrected chi connectivity index (χ1v) is 8.42. The molecule has 3 rings (SSSR count). The standard InChI is InChI=1S/C17H14ClFN2OS/c1-2-10-21-15-13(19)8-5-9-14(15)23-17(21)20-16(22)11-6-3-4-7-12(11)18/h3-9H,2,10H2,1H3. The van der Waals surface area contributed by atoms with Crippen molar-refractivity contribution in [1.82, 2.24) is 4.57 Å². The summed E-state index contributed by atoms with van der Waals surface area (Å²) in [6, 6.07) is 11.7. The van der Waals surface area contributed by atoms with E-state index in [1.54, 1.807) is 34.9 Å². The number of aromatic nitrogens is 1. The van der Waals surface area contributed by atoms with Gasteiger partial charge in [-0.2, -0.15) is 4.99 Å². The lowest BCUT2D eigenvalue weighted by molar-refractivity contribution is 0.0998. The van der Waals surface area contributed by atoms with Crippen LogP contribution in [0.3, 0.4) is 0 Å². The number of fused-ring (bicyclic) bond motifs is 1. The number of hydrogen-bond donors (Lipinski definition) is 0. The number of carbonyl (C=O) groups excluding carboxylic acids is 1. The first kappa shape index (κ1) is 15.9. The molecular formula is C17H14ClFN2OS. The Bertz CT molecular complexity index is 945. The van der Waals surface area contributed by atoms with Crippen molar-refractivity contribution < 1.29 is 9.18 Å². The van der Waals surface area contributed by atoms with Gasteiger partial charge in [-0.15, -0.1) is 0 Å². The number of aryl methyl sites for hydroxylation is 1. The zero-order valence-corrected chi connectivity index (χ0v) is 14.0. The summed E-state index contributed by atoms with van der Waals surface area (Å²) < 4.78 is 16.7. The summed E-state index contributed by atoms with van der Waals surface area (Å²) in [5.74, 6) is -0.730. The molecule has 0 N–H and O–H groups in total. The minimum Gasteiger partial charge on any atom is -0.314 e. The number of thiazole rings is 1. The molecule has 0 saturated carbocycles. The smallest absolute Gasteiger partial charge is 0.281 e. The van der Waals surface area contributed by atoms with Crippen molar-refractivity contribution in [1.29, 1.82) is 0 Å². The number of carbonyl (C=O) groups is 1. The van der Waals surface area contributed by atoms with Gasteiger partial charge in [0.15, 0.2) is 4.80 Å². The van der Waals surface area contributed by atoms with Crippen LogP contribution in [0, 0.1) is 5.82 Å². The highest BCUT2D eigenvalue weighted by Crippen LogP contribution is 2.21. The maximum absolute atomic E-state index is 14.1. The van der Waals surface area contributed by atoms with E-state index in [0.29, 0.717) is 27.4 Å². The van der Waals surface area contributed by atoms with Crippen LogP contribution in [0.4, 0.5) is 4.39 Å². The Morgan fingerprint density at radius 1 is 1.26 bits per heavy atom. The van der Waals surface area contributed by atoms with E-state index in [1.165, 1.54) is 17.4 Å². The third kappa shape index (κ3) is 3.07. The van der Waals surface area contributed by atoms with Gasteiger partial charge in [0, 0.05) is 6.54 Å². The molecule has 0 saturated heterocycles. The number of halogens is 2. The molecule has 0 aliphatic carbocycles. The Labute approximate surface area is 141 Å². The molecular weight excluding hydrogens is 335 g/mol. The molecule has 118 valence electrons. The summed E-state index contributed by atoms with van der Waals surface area (Å²) >= 11 is 7.35. The second-order valence-corrected chi connectivity index (χ2v) is 6.44. The van der Waals surface area contributed by atoms with Gasteiger partial charge in [0.1, 0.15) is 5.82 Å². The Morgan fingerprint density at radius 2 is 2.04 bits per heavy atom. The number of hydrogen-bond acceptors (Lipinski definition) is 2. The lowest BCUT2D eigenvalue weighted by Crippen LogP contribution is -2.17. The van der Waals surface area contributed by atoms with Crippen molar-refractivity contribution in [3.05, 3.63) is 63.7 Å². The van der Waals surface area contributed by atoms with E-state index in [9.17, 15) is 9.18 Å². The summed E-state index contributed by atoms with van der Waals surface area (Å²) in [5, 5.41) is 0.357. The van der Waals surface area contributed by atoms with Gasteiger partial charge in [-0.25, -0.2) is 4.39 Å². The van der Waals surface area contributed by atoms with E-state index >= 15 is 0 Å². The SMILES string of the molecule is CCCn1c(=NC(=O)c2ccccc2Cl)sc2cccc(F)c21. The van der Waals surface area contributed by atoms with Crippen LogP contribution in [0.25, 0.3) is 10.2 Å². The van der Waals surface area contributed by atoms with E-state index in [0.717, 1.165) is 11.1 Å². The number of benzene rings is 2. The first-order valence-electron chi connectivity index (χ1n) is 7.23. The third-order valence-corrected chi connectivity index (χ3v) is 4.77.